The summed E-state index contributed by atoms with van der Waals surface area (Å²) in [5.74, 6) is 0.375. The second-order valence-electron chi connectivity index (χ2n) is 18.1. The third-order valence-corrected chi connectivity index (χ3v) is 14.7. The summed E-state index contributed by atoms with van der Waals surface area (Å²) >= 11 is 13.4. The first kappa shape index (κ1) is 45.1. The smallest absolute Gasteiger partial charge is 0.410 e. The number of hydrogen-bond donors (Lipinski definition) is 0. The van der Waals surface area contributed by atoms with Crippen molar-refractivity contribution in [3.8, 4) is 22.6 Å². The number of alkyl halides is 2. The Morgan fingerprint density at radius 3 is 1.36 bits per heavy atom. The van der Waals surface area contributed by atoms with Crippen molar-refractivity contribution in [2.75, 3.05) is 54.3 Å². The maximum atomic E-state index is 15.0. The Kier molecular flexibility index (Phi) is 12.6. The van der Waals surface area contributed by atoms with Gasteiger partial charge in [0.1, 0.15) is 44.4 Å². The van der Waals surface area contributed by atoms with Crippen LogP contribution in [0.5, 0.6) is 11.5 Å². The number of carbonyl (C=O) groups excluding carboxylic acids is 3. The molecule has 3 amide bonds. The van der Waals surface area contributed by atoms with Crippen LogP contribution < -0.4 is 19.3 Å². The quantitative estimate of drug-likeness (QED) is 0.101. The molecule has 0 fully saturated rings. The molecule has 0 saturated carbocycles. The van der Waals surface area contributed by atoms with Gasteiger partial charge in [-0.1, -0.05) is 158 Å². The van der Waals surface area contributed by atoms with Gasteiger partial charge in [-0.15, -0.1) is 23.2 Å². The van der Waals surface area contributed by atoms with Crippen LogP contribution in [0.1, 0.15) is 51.1 Å². The van der Waals surface area contributed by atoms with Crippen LogP contribution in [0, 0.1) is 0 Å². The van der Waals surface area contributed by atoms with Gasteiger partial charge in [-0.2, -0.15) is 0 Å². The van der Waals surface area contributed by atoms with E-state index in [4.69, 9.17) is 37.4 Å². The number of nitrogens with zero attached hydrogens (tertiary/aromatic N) is 3. The Morgan fingerprint density at radius 1 is 0.514 bits per heavy atom. The fourth-order valence-electron chi connectivity index (χ4n) is 10.6. The highest BCUT2D eigenvalue weighted by Gasteiger charge is 2.39. The average molecular weight is 967 g/mol. The number of anilines is 2. The van der Waals surface area contributed by atoms with E-state index in [1.807, 2.05) is 146 Å². The molecule has 0 bridgehead atoms. The summed E-state index contributed by atoms with van der Waals surface area (Å²) in [5, 5.41) is 3.70. The van der Waals surface area contributed by atoms with Gasteiger partial charge < -0.3 is 24.0 Å². The Labute approximate surface area is 416 Å². The van der Waals surface area contributed by atoms with Gasteiger partial charge in [0.2, 0.25) is 11.8 Å². The lowest BCUT2D eigenvalue weighted by Gasteiger charge is -2.28. The van der Waals surface area contributed by atoms with Crippen LogP contribution in [0.15, 0.2) is 170 Å². The standard InChI is InChI=1S/C59H49Cl2N3O6/c60-29-40-31-63(51-27-53(68-35-38-15-3-1-4-16-38)46-23-11-13-25-48(46)57(40)51)55(65)33-62(59(67)70-37-50-44-21-9-7-19-42(44)43-20-8-10-22-45(43)50)34-56(66)64-32-41(30-61)58-49-26-14-12-24-47(49)54(28-52(58)64)69-36-39-17-5-2-6-18-39/h1-28,40-41,50H,29-37H2/t40-,41-/m1/s1. The van der Waals surface area contributed by atoms with Crippen molar-refractivity contribution in [2.45, 2.75) is 31.0 Å². The van der Waals surface area contributed by atoms with E-state index >= 15 is 9.59 Å². The molecule has 11 heteroatoms. The fourth-order valence-corrected chi connectivity index (χ4v) is 11.1. The summed E-state index contributed by atoms with van der Waals surface area (Å²) in [4.78, 5) is 49.3. The van der Waals surface area contributed by atoms with Crippen LogP contribution >= 0.6 is 23.2 Å². The first-order valence-electron chi connectivity index (χ1n) is 23.7. The van der Waals surface area contributed by atoms with Crippen molar-refractivity contribution in [2.24, 2.45) is 0 Å². The molecule has 8 aromatic carbocycles. The Bertz CT molecular complexity index is 3070. The van der Waals surface area contributed by atoms with E-state index < -0.39 is 19.2 Å². The molecule has 0 N–H and O–H groups in total. The van der Waals surface area contributed by atoms with E-state index in [1.165, 1.54) is 4.90 Å². The second kappa shape index (κ2) is 19.6. The van der Waals surface area contributed by atoms with Crippen molar-refractivity contribution in [1.82, 2.24) is 4.90 Å². The molecule has 11 rings (SSSR count). The summed E-state index contributed by atoms with van der Waals surface area (Å²) in [6, 6.07) is 55.8. The van der Waals surface area contributed by atoms with E-state index in [0.717, 1.165) is 66.1 Å². The zero-order chi connectivity index (χ0) is 47.7. The molecule has 3 aliphatic rings. The molecule has 350 valence electrons. The minimum Gasteiger partial charge on any atom is -0.488 e. The molecule has 1 aliphatic carbocycles. The molecule has 0 spiro atoms. The maximum Gasteiger partial charge on any atom is 0.410 e. The number of hydrogen-bond acceptors (Lipinski definition) is 6. The minimum atomic E-state index is -0.777. The number of carbonyl (C=O) groups is 3. The van der Waals surface area contributed by atoms with Crippen LogP contribution in [0.3, 0.4) is 0 Å². The number of fused-ring (bicyclic) bond motifs is 9. The monoisotopic (exact) mass is 965 g/mol. The summed E-state index contributed by atoms with van der Waals surface area (Å²) in [5.41, 5.74) is 9.47. The van der Waals surface area contributed by atoms with Crippen LogP contribution in [0.25, 0.3) is 32.7 Å². The average Bonchev–Trinajstić information content (AvgIpc) is 4.09. The Morgan fingerprint density at radius 2 is 0.914 bits per heavy atom. The van der Waals surface area contributed by atoms with Crippen molar-refractivity contribution in [3.63, 3.8) is 0 Å². The van der Waals surface area contributed by atoms with Crippen molar-refractivity contribution < 1.29 is 28.6 Å². The molecule has 0 aromatic heterocycles. The Hall–Kier alpha value is -7.33. The van der Waals surface area contributed by atoms with Gasteiger partial charge in [-0.3, -0.25) is 14.5 Å². The van der Waals surface area contributed by atoms with Gasteiger partial charge in [0.25, 0.3) is 0 Å². The number of halogens is 2. The highest BCUT2D eigenvalue weighted by Crippen LogP contribution is 2.48. The molecule has 2 atom stereocenters. The first-order valence-corrected chi connectivity index (χ1v) is 24.7. The summed E-state index contributed by atoms with van der Waals surface area (Å²) < 4.78 is 19.2. The van der Waals surface area contributed by atoms with Crippen molar-refractivity contribution >= 4 is 74.0 Å². The first-order chi connectivity index (χ1) is 34.4. The molecule has 9 nitrogen and oxygen atoms in total. The molecule has 0 saturated heterocycles. The van der Waals surface area contributed by atoms with E-state index in [0.29, 0.717) is 36.1 Å². The molecule has 8 aromatic rings. The minimum absolute atomic E-state index is 0.00961. The van der Waals surface area contributed by atoms with Crippen molar-refractivity contribution in [1.29, 1.82) is 0 Å². The van der Waals surface area contributed by atoms with Gasteiger partial charge in [0.05, 0.1) is 11.4 Å². The number of ether oxygens (including phenoxy) is 3. The van der Waals surface area contributed by atoms with Crippen LogP contribution in [-0.4, -0.2) is 67.4 Å². The number of benzene rings is 8. The van der Waals surface area contributed by atoms with Crippen LogP contribution in [0.4, 0.5) is 16.2 Å². The largest absolute Gasteiger partial charge is 0.488 e. The zero-order valence-electron chi connectivity index (χ0n) is 38.3. The predicted octanol–water partition coefficient (Wildman–Crippen LogP) is 12.4. The third-order valence-electron chi connectivity index (χ3n) is 14.0. The van der Waals surface area contributed by atoms with Gasteiger partial charge in [-0.25, -0.2) is 4.79 Å². The van der Waals surface area contributed by atoms with Gasteiger partial charge >= 0.3 is 6.09 Å². The topological polar surface area (TPSA) is 88.6 Å². The molecule has 0 unspecified atom stereocenters. The summed E-state index contributed by atoms with van der Waals surface area (Å²) in [6.45, 7) is 0.358. The fraction of sp³-hybridized carbons (Fsp3) is 0.203. The van der Waals surface area contributed by atoms with Crippen molar-refractivity contribution in [3.05, 3.63) is 203 Å². The summed E-state index contributed by atoms with van der Waals surface area (Å²) in [7, 11) is 0. The molecule has 70 heavy (non-hydrogen) atoms. The van der Waals surface area contributed by atoms with Crippen LogP contribution in [-0.2, 0) is 27.5 Å². The SMILES string of the molecule is O=C(OCC1c2ccccc2-c2ccccc21)N(CC(=O)N1C[C@@H](CCl)c2c1cc(OCc1ccccc1)c1ccccc21)CC(=O)N1C[C@@H](CCl)c2c1cc(OCc1ccccc1)c1ccccc21. The molecular formula is C59H49Cl2N3O6. The lowest BCUT2D eigenvalue weighted by molar-refractivity contribution is -0.122. The lowest BCUT2D eigenvalue weighted by atomic mass is 9.95. The highest BCUT2D eigenvalue weighted by atomic mass is 35.5. The van der Waals surface area contributed by atoms with E-state index in [1.54, 1.807) is 9.80 Å². The third kappa shape index (κ3) is 8.47. The molecule has 0 radical (unpaired) electrons. The molecule has 2 aliphatic heterocycles. The van der Waals surface area contributed by atoms with E-state index in [2.05, 4.69) is 24.3 Å². The maximum absolute atomic E-state index is 15.0. The molecular weight excluding hydrogens is 918 g/mol. The van der Waals surface area contributed by atoms with Gasteiger partial charge in [0, 0.05) is 65.5 Å². The lowest BCUT2D eigenvalue weighted by Crippen LogP contribution is -2.48. The Balaban J connectivity index is 0.922. The number of amides is 3. The predicted molar refractivity (Wildman–Crippen MR) is 278 cm³/mol. The van der Waals surface area contributed by atoms with Gasteiger partial charge in [0.15, 0.2) is 0 Å². The normalized spacial score (nSPS) is 15.6. The second-order valence-corrected chi connectivity index (χ2v) is 18.7. The highest BCUT2D eigenvalue weighted by molar-refractivity contribution is 6.19. The number of rotatable bonds is 14. The van der Waals surface area contributed by atoms with Gasteiger partial charge in [-0.05, 0) is 55.3 Å². The zero-order valence-corrected chi connectivity index (χ0v) is 39.8. The van der Waals surface area contributed by atoms with E-state index in [9.17, 15) is 4.79 Å². The molecule has 2 heterocycles. The summed E-state index contributed by atoms with van der Waals surface area (Å²) in [6.07, 6.45) is -0.777. The van der Waals surface area contributed by atoms with E-state index in [-0.39, 0.29) is 61.0 Å². The van der Waals surface area contributed by atoms with Crippen LogP contribution in [0.2, 0.25) is 0 Å².